The highest BCUT2D eigenvalue weighted by atomic mass is 32.3. The Morgan fingerprint density at radius 1 is 0.793 bits per heavy atom. The van der Waals surface area contributed by atoms with Gasteiger partial charge in [-0.1, -0.05) is 40.1 Å². The second kappa shape index (κ2) is 8.32. The number of hydrogen-bond donors (Lipinski definition) is 0. The molecule has 0 unspecified atom stereocenters. The summed E-state index contributed by atoms with van der Waals surface area (Å²) in [5.74, 6) is -0.474. The number of benzene rings is 3. The highest BCUT2D eigenvalue weighted by Crippen LogP contribution is 2.29. The smallest absolute Gasteiger partial charge is 0.256 e. The van der Waals surface area contributed by atoms with Gasteiger partial charge in [0.25, 0.3) is 20.0 Å². The van der Waals surface area contributed by atoms with E-state index in [1.807, 2.05) is 0 Å². The van der Waals surface area contributed by atoms with E-state index in [2.05, 4.69) is 0 Å². The van der Waals surface area contributed by atoms with E-state index in [0.29, 0.717) is 3.71 Å². The molecule has 0 saturated heterocycles. The molecule has 3 aromatic rings. The maximum Gasteiger partial charge on any atom is 0.256 e. The fourth-order valence-corrected chi connectivity index (χ4v) is 6.37. The van der Waals surface area contributed by atoms with Crippen LogP contribution in [-0.4, -0.2) is 27.7 Å². The molecule has 29 heavy (non-hydrogen) atoms. The minimum absolute atomic E-state index is 0.0755. The standard InChI is InChI=1S/C20H18FNO5S2/c1-27-20-13-12-17(21)14-16(20)15-22(28(23,24)18-8-4-2-5-9-18)29(25,26)19-10-6-3-7-11-19/h2-14H,15H2,1H3. The van der Waals surface area contributed by atoms with Crippen LogP contribution >= 0.6 is 0 Å². The predicted octanol–water partition coefficient (Wildman–Crippen LogP) is 3.41. The largest absolute Gasteiger partial charge is 0.496 e. The molecular weight excluding hydrogens is 417 g/mol. The zero-order valence-electron chi connectivity index (χ0n) is 15.4. The van der Waals surface area contributed by atoms with Gasteiger partial charge < -0.3 is 4.74 Å². The van der Waals surface area contributed by atoms with Crippen LogP contribution in [0.5, 0.6) is 5.75 Å². The molecule has 0 aliphatic carbocycles. The summed E-state index contributed by atoms with van der Waals surface area (Å²) in [6, 6.07) is 17.9. The minimum Gasteiger partial charge on any atom is -0.496 e. The third-order valence-electron chi connectivity index (χ3n) is 4.16. The van der Waals surface area contributed by atoms with Crippen LogP contribution in [0.25, 0.3) is 0 Å². The second-order valence-corrected chi connectivity index (χ2v) is 9.98. The number of ether oxygens (including phenoxy) is 1. The van der Waals surface area contributed by atoms with E-state index in [1.165, 1.54) is 61.7 Å². The molecule has 0 saturated carbocycles. The van der Waals surface area contributed by atoms with Crippen LogP contribution in [0.1, 0.15) is 5.56 Å². The van der Waals surface area contributed by atoms with Crippen molar-refractivity contribution < 1.29 is 26.0 Å². The van der Waals surface area contributed by atoms with Crippen LogP contribution < -0.4 is 4.74 Å². The number of methoxy groups -OCH3 is 1. The number of sulfonamides is 2. The van der Waals surface area contributed by atoms with Crippen molar-refractivity contribution in [3.8, 4) is 5.75 Å². The van der Waals surface area contributed by atoms with Gasteiger partial charge in [0.2, 0.25) is 0 Å². The summed E-state index contributed by atoms with van der Waals surface area (Å²) in [5.41, 5.74) is 0.0755. The molecule has 152 valence electrons. The first-order valence-electron chi connectivity index (χ1n) is 8.47. The molecule has 9 heteroatoms. The van der Waals surface area contributed by atoms with E-state index in [4.69, 9.17) is 4.74 Å². The zero-order valence-corrected chi connectivity index (χ0v) is 17.0. The van der Waals surface area contributed by atoms with Crippen molar-refractivity contribution in [3.63, 3.8) is 0 Å². The lowest BCUT2D eigenvalue weighted by atomic mass is 10.2. The van der Waals surface area contributed by atoms with Crippen molar-refractivity contribution in [3.05, 3.63) is 90.2 Å². The molecule has 0 fully saturated rings. The zero-order chi connectivity index (χ0) is 21.1. The van der Waals surface area contributed by atoms with Crippen molar-refractivity contribution in [2.75, 3.05) is 7.11 Å². The highest BCUT2D eigenvalue weighted by molar-refractivity contribution is 8.04. The average molecular weight is 435 g/mol. The van der Waals surface area contributed by atoms with Crippen LogP contribution in [0.15, 0.2) is 88.7 Å². The lowest BCUT2D eigenvalue weighted by molar-refractivity contribution is 0.402. The summed E-state index contributed by atoms with van der Waals surface area (Å²) in [7, 11) is -7.62. The van der Waals surface area contributed by atoms with Crippen LogP contribution in [-0.2, 0) is 26.6 Å². The molecule has 3 rings (SSSR count). The topological polar surface area (TPSA) is 80.8 Å². The molecule has 6 nitrogen and oxygen atoms in total. The summed E-state index contributed by atoms with van der Waals surface area (Å²) in [4.78, 5) is -0.398. The maximum atomic E-state index is 13.8. The third kappa shape index (κ3) is 4.31. The van der Waals surface area contributed by atoms with E-state index in [9.17, 15) is 21.2 Å². The molecule has 0 bridgehead atoms. The Morgan fingerprint density at radius 3 is 1.72 bits per heavy atom. The van der Waals surface area contributed by atoms with Gasteiger partial charge in [-0.25, -0.2) is 21.2 Å². The van der Waals surface area contributed by atoms with E-state index >= 15 is 0 Å². The van der Waals surface area contributed by atoms with Gasteiger partial charge in [-0.2, -0.15) is 0 Å². The summed E-state index contributed by atoms with van der Waals surface area (Å²) in [6.45, 7) is -0.630. The molecule has 0 aromatic heterocycles. The molecule has 0 N–H and O–H groups in total. The van der Waals surface area contributed by atoms with Gasteiger partial charge in [-0.05, 0) is 42.5 Å². The third-order valence-corrected chi connectivity index (χ3v) is 8.40. The molecule has 0 aliphatic heterocycles. The first-order valence-corrected chi connectivity index (χ1v) is 11.4. The molecular formula is C20H18FNO5S2. The van der Waals surface area contributed by atoms with Crippen molar-refractivity contribution >= 4 is 20.0 Å². The number of rotatable bonds is 7. The van der Waals surface area contributed by atoms with E-state index < -0.39 is 32.4 Å². The molecule has 0 amide bonds. The molecule has 0 radical (unpaired) electrons. The molecule has 0 spiro atoms. The Morgan fingerprint density at radius 2 is 1.28 bits per heavy atom. The second-order valence-electron chi connectivity index (χ2n) is 6.02. The fraction of sp³-hybridized carbons (Fsp3) is 0.100. The summed E-state index contributed by atoms with van der Waals surface area (Å²) >= 11 is 0. The first kappa shape index (κ1) is 21.0. The molecule has 3 aromatic carbocycles. The SMILES string of the molecule is COc1ccc(F)cc1CN(S(=O)(=O)c1ccccc1)S(=O)(=O)c1ccccc1. The summed E-state index contributed by atoms with van der Waals surface area (Å²) in [6.07, 6.45) is 0. The average Bonchev–Trinajstić information content (AvgIpc) is 2.73. The van der Waals surface area contributed by atoms with Crippen LogP contribution in [0.2, 0.25) is 0 Å². The quantitative estimate of drug-likeness (QED) is 0.568. The van der Waals surface area contributed by atoms with Crippen molar-refractivity contribution in [2.45, 2.75) is 16.3 Å². The van der Waals surface area contributed by atoms with E-state index in [1.54, 1.807) is 12.1 Å². The van der Waals surface area contributed by atoms with Gasteiger partial charge in [0.1, 0.15) is 11.6 Å². The highest BCUT2D eigenvalue weighted by Gasteiger charge is 2.37. The first-order chi connectivity index (χ1) is 13.8. The fourth-order valence-electron chi connectivity index (χ4n) is 2.73. The summed E-state index contributed by atoms with van der Waals surface area (Å²) in [5, 5.41) is 0. The minimum atomic E-state index is -4.48. The Balaban J connectivity index is 2.19. The monoisotopic (exact) mass is 435 g/mol. The van der Waals surface area contributed by atoms with Crippen molar-refractivity contribution in [1.82, 2.24) is 3.71 Å². The Kier molecular flexibility index (Phi) is 6.02. The van der Waals surface area contributed by atoms with Gasteiger partial charge >= 0.3 is 0 Å². The van der Waals surface area contributed by atoms with Gasteiger partial charge in [-0.3, -0.25) is 0 Å². The molecule has 0 aliphatic rings. The normalized spacial score (nSPS) is 12.1. The van der Waals surface area contributed by atoms with Crippen molar-refractivity contribution in [1.29, 1.82) is 0 Å². The van der Waals surface area contributed by atoms with Crippen LogP contribution in [0.3, 0.4) is 0 Å². The Hall–Kier alpha value is -2.75. The van der Waals surface area contributed by atoms with Gasteiger partial charge in [0.05, 0.1) is 23.4 Å². The number of nitrogens with zero attached hydrogens (tertiary/aromatic N) is 1. The number of halogens is 1. The van der Waals surface area contributed by atoms with E-state index in [0.717, 1.165) is 12.1 Å². The lowest BCUT2D eigenvalue weighted by Gasteiger charge is -2.23. The van der Waals surface area contributed by atoms with Crippen molar-refractivity contribution in [2.24, 2.45) is 0 Å². The number of hydrogen-bond acceptors (Lipinski definition) is 5. The Bertz CT molecular complexity index is 1130. The van der Waals surface area contributed by atoms with Crippen LogP contribution in [0.4, 0.5) is 4.39 Å². The summed E-state index contributed by atoms with van der Waals surface area (Å²) < 4.78 is 72.3. The van der Waals surface area contributed by atoms with Gasteiger partial charge in [0, 0.05) is 5.56 Å². The molecule has 0 heterocycles. The predicted molar refractivity (Wildman–Crippen MR) is 106 cm³/mol. The van der Waals surface area contributed by atoms with E-state index in [-0.39, 0.29) is 21.1 Å². The van der Waals surface area contributed by atoms with Gasteiger partial charge in [0.15, 0.2) is 0 Å². The van der Waals surface area contributed by atoms with Gasteiger partial charge in [-0.15, -0.1) is 0 Å². The molecule has 0 atom stereocenters. The lowest BCUT2D eigenvalue weighted by Crippen LogP contribution is -2.36. The maximum absolute atomic E-state index is 13.8. The Labute approximate surface area is 169 Å². The van der Waals surface area contributed by atoms with Crippen LogP contribution in [0, 0.1) is 5.82 Å².